The Morgan fingerprint density at radius 2 is 2.09 bits per heavy atom. The highest BCUT2D eigenvalue weighted by molar-refractivity contribution is 6.31. The zero-order chi connectivity index (χ0) is 25.4. The van der Waals surface area contributed by atoms with Gasteiger partial charge in [0.15, 0.2) is 0 Å². The van der Waals surface area contributed by atoms with Gasteiger partial charge < -0.3 is 25.4 Å². The van der Waals surface area contributed by atoms with Crippen LogP contribution in [-0.2, 0) is 10.3 Å². The molecule has 3 atom stereocenters. The molecule has 0 aliphatic carbocycles. The predicted molar refractivity (Wildman–Crippen MR) is 136 cm³/mol. The first kappa shape index (κ1) is 28.8. The maximum atomic E-state index is 14.3. The van der Waals surface area contributed by atoms with Gasteiger partial charge in [0.1, 0.15) is 5.82 Å². The fourth-order valence-corrected chi connectivity index (χ4v) is 5.30. The van der Waals surface area contributed by atoms with Crippen molar-refractivity contribution in [3.8, 4) is 0 Å². The minimum Gasteiger partial charge on any atom is -0.385 e. The SMILES string of the molecule is CNCC(CC(C)(C)C)NC(=O)N1CCCC([C@@](O)(CCCCOC)c2cccc(F)c2Cl)C1. The zero-order valence-electron chi connectivity index (χ0n) is 21.4. The van der Waals surface area contributed by atoms with E-state index in [2.05, 4.69) is 31.4 Å². The molecule has 0 bridgehead atoms. The number of ether oxygens (including phenoxy) is 1. The van der Waals surface area contributed by atoms with Crippen LogP contribution in [0.3, 0.4) is 0 Å². The van der Waals surface area contributed by atoms with Gasteiger partial charge in [-0.3, -0.25) is 0 Å². The van der Waals surface area contributed by atoms with Gasteiger partial charge in [0, 0.05) is 50.9 Å². The number of unbranched alkanes of at least 4 members (excludes halogenated alkanes) is 1. The van der Waals surface area contributed by atoms with Crippen molar-refractivity contribution in [1.82, 2.24) is 15.5 Å². The van der Waals surface area contributed by atoms with Crippen LogP contribution in [0.1, 0.15) is 64.9 Å². The lowest BCUT2D eigenvalue weighted by Gasteiger charge is -2.43. The van der Waals surface area contributed by atoms with Crippen molar-refractivity contribution in [1.29, 1.82) is 0 Å². The number of likely N-dealkylation sites (tertiary alicyclic amines) is 1. The molecule has 34 heavy (non-hydrogen) atoms. The van der Waals surface area contributed by atoms with Crippen LogP contribution in [0, 0.1) is 17.2 Å². The summed E-state index contributed by atoms with van der Waals surface area (Å²) in [4.78, 5) is 15.0. The molecule has 2 unspecified atom stereocenters. The Morgan fingerprint density at radius 1 is 1.35 bits per heavy atom. The van der Waals surface area contributed by atoms with E-state index in [9.17, 15) is 14.3 Å². The highest BCUT2D eigenvalue weighted by Crippen LogP contribution is 2.43. The number of nitrogens with one attached hydrogen (secondary N) is 2. The van der Waals surface area contributed by atoms with Crippen molar-refractivity contribution in [2.45, 2.75) is 70.9 Å². The third kappa shape index (κ3) is 8.08. The predicted octanol–water partition coefficient (Wildman–Crippen LogP) is 4.93. The number of urea groups is 1. The maximum absolute atomic E-state index is 14.3. The van der Waals surface area contributed by atoms with E-state index in [1.54, 1.807) is 24.1 Å². The summed E-state index contributed by atoms with van der Waals surface area (Å²) in [6, 6.07) is 4.46. The molecule has 8 heteroatoms. The second-order valence-electron chi connectivity index (χ2n) is 10.7. The molecule has 0 spiro atoms. The fraction of sp³-hybridized carbons (Fsp3) is 0.731. The van der Waals surface area contributed by atoms with Crippen LogP contribution in [0.5, 0.6) is 0 Å². The van der Waals surface area contributed by atoms with Gasteiger partial charge in [-0.15, -0.1) is 0 Å². The molecule has 3 N–H and O–H groups in total. The van der Waals surface area contributed by atoms with Crippen molar-refractivity contribution >= 4 is 17.6 Å². The van der Waals surface area contributed by atoms with Gasteiger partial charge in [0.2, 0.25) is 0 Å². The summed E-state index contributed by atoms with van der Waals surface area (Å²) in [5.74, 6) is -0.795. The number of amides is 2. The normalized spacial score (nSPS) is 19.5. The van der Waals surface area contributed by atoms with Crippen LogP contribution in [-0.4, -0.2) is 62.5 Å². The Bertz CT molecular complexity index is 789. The molecule has 1 aromatic carbocycles. The number of nitrogens with zero attached hydrogens (tertiary/aromatic N) is 1. The van der Waals surface area contributed by atoms with E-state index in [0.717, 1.165) is 25.7 Å². The fourth-order valence-electron chi connectivity index (χ4n) is 5.01. The first-order valence-corrected chi connectivity index (χ1v) is 12.8. The van der Waals surface area contributed by atoms with Crippen molar-refractivity contribution in [3.63, 3.8) is 0 Å². The molecule has 2 rings (SSSR count). The van der Waals surface area contributed by atoms with E-state index < -0.39 is 11.4 Å². The first-order valence-electron chi connectivity index (χ1n) is 12.4. The molecule has 1 saturated heterocycles. The number of methoxy groups -OCH3 is 1. The number of carbonyl (C=O) groups excluding carboxylic acids is 1. The molecule has 1 aliphatic rings. The van der Waals surface area contributed by atoms with E-state index in [0.29, 0.717) is 44.6 Å². The third-order valence-electron chi connectivity index (χ3n) is 6.60. The Hall–Kier alpha value is -1.41. The summed E-state index contributed by atoms with van der Waals surface area (Å²) in [6.07, 6.45) is 4.25. The molecular formula is C26H43ClFN3O3. The number of hydrogen-bond acceptors (Lipinski definition) is 4. The molecule has 1 heterocycles. The number of halogens is 2. The quantitative estimate of drug-likeness (QED) is 0.377. The molecule has 0 radical (unpaired) electrons. The Kier molecular flexibility index (Phi) is 11.1. The van der Waals surface area contributed by atoms with Gasteiger partial charge in [-0.05, 0) is 57.1 Å². The van der Waals surface area contributed by atoms with Crippen LogP contribution < -0.4 is 10.6 Å². The largest absolute Gasteiger partial charge is 0.385 e. The summed E-state index contributed by atoms with van der Waals surface area (Å²) in [6.45, 7) is 8.76. The van der Waals surface area contributed by atoms with Crippen molar-refractivity contribution in [2.24, 2.45) is 11.3 Å². The van der Waals surface area contributed by atoms with Crippen LogP contribution in [0.15, 0.2) is 18.2 Å². The van der Waals surface area contributed by atoms with Crippen molar-refractivity contribution < 1.29 is 19.0 Å². The van der Waals surface area contributed by atoms with Crippen molar-refractivity contribution in [2.75, 3.05) is 40.4 Å². The molecule has 1 fully saturated rings. The summed E-state index contributed by atoms with van der Waals surface area (Å²) in [7, 11) is 3.53. The lowest BCUT2D eigenvalue weighted by molar-refractivity contribution is -0.0565. The van der Waals surface area contributed by atoms with Crippen molar-refractivity contribution in [3.05, 3.63) is 34.6 Å². The first-order chi connectivity index (χ1) is 16.0. The summed E-state index contributed by atoms with van der Waals surface area (Å²) in [5.41, 5.74) is -0.850. The van der Waals surface area contributed by atoms with E-state index >= 15 is 0 Å². The lowest BCUT2D eigenvalue weighted by Crippen LogP contribution is -2.54. The molecule has 1 aromatic rings. The highest BCUT2D eigenvalue weighted by Gasteiger charge is 2.43. The Labute approximate surface area is 209 Å². The second kappa shape index (κ2) is 13.1. The number of hydrogen-bond donors (Lipinski definition) is 3. The van der Waals surface area contributed by atoms with Gasteiger partial charge in [0.05, 0.1) is 10.6 Å². The lowest BCUT2D eigenvalue weighted by atomic mass is 9.74. The number of benzene rings is 1. The van der Waals surface area contributed by atoms with Crippen LogP contribution in [0.2, 0.25) is 5.02 Å². The summed E-state index contributed by atoms with van der Waals surface area (Å²) in [5, 5.41) is 18.3. The van der Waals surface area contributed by atoms with Gasteiger partial charge in [0.25, 0.3) is 0 Å². The molecule has 6 nitrogen and oxygen atoms in total. The average Bonchev–Trinajstić information content (AvgIpc) is 2.77. The third-order valence-corrected chi connectivity index (χ3v) is 6.98. The van der Waals surface area contributed by atoms with E-state index in [1.807, 2.05) is 7.05 Å². The Balaban J connectivity index is 2.22. The van der Waals surface area contributed by atoms with E-state index in [1.165, 1.54) is 6.07 Å². The average molecular weight is 500 g/mol. The standard InChI is InChI=1S/C26H43ClFN3O3/c1-25(2,3)16-20(17-29-4)30-24(32)31-14-9-10-19(18-31)26(33,13-6-7-15-34-5)21-11-8-12-22(28)23(21)27/h8,11-12,19-20,29,33H,6-7,9-10,13-18H2,1-5H3,(H,30,32)/t19?,20?,26-/m0/s1. The monoisotopic (exact) mass is 499 g/mol. The molecule has 1 aliphatic heterocycles. The number of aliphatic hydroxyl groups is 1. The van der Waals surface area contributed by atoms with Crippen LogP contribution in [0.25, 0.3) is 0 Å². The Morgan fingerprint density at radius 3 is 2.74 bits per heavy atom. The van der Waals surface area contributed by atoms with Gasteiger partial charge in [-0.25, -0.2) is 9.18 Å². The topological polar surface area (TPSA) is 73.8 Å². The zero-order valence-corrected chi connectivity index (χ0v) is 22.2. The summed E-state index contributed by atoms with van der Waals surface area (Å²) < 4.78 is 19.5. The number of likely N-dealkylation sites (N-methyl/N-ethyl adjacent to an activating group) is 1. The van der Waals surface area contributed by atoms with Gasteiger partial charge in [-0.2, -0.15) is 0 Å². The molecule has 0 saturated carbocycles. The smallest absolute Gasteiger partial charge is 0.317 e. The number of rotatable bonds is 11. The minimum absolute atomic E-state index is 0.00321. The van der Waals surface area contributed by atoms with Gasteiger partial charge >= 0.3 is 6.03 Å². The maximum Gasteiger partial charge on any atom is 0.317 e. The molecule has 0 aromatic heterocycles. The summed E-state index contributed by atoms with van der Waals surface area (Å²) >= 11 is 6.34. The van der Waals surface area contributed by atoms with Crippen LogP contribution >= 0.6 is 11.6 Å². The molecule has 2 amide bonds. The van der Waals surface area contributed by atoms with E-state index in [-0.39, 0.29) is 28.4 Å². The minimum atomic E-state index is -1.33. The number of piperidine rings is 1. The van der Waals surface area contributed by atoms with E-state index in [4.69, 9.17) is 16.3 Å². The number of carbonyl (C=O) groups is 1. The van der Waals surface area contributed by atoms with Crippen LogP contribution in [0.4, 0.5) is 9.18 Å². The second-order valence-corrected chi connectivity index (χ2v) is 11.1. The highest BCUT2D eigenvalue weighted by atomic mass is 35.5. The van der Waals surface area contributed by atoms with Gasteiger partial charge in [-0.1, -0.05) is 44.5 Å². The molecule has 194 valence electrons. The molecular weight excluding hydrogens is 457 g/mol.